The molecule has 1 fully saturated rings. The number of carboxylic acids is 2. The van der Waals surface area contributed by atoms with Crippen LogP contribution in [0.4, 0.5) is 26.3 Å². The predicted octanol–water partition coefficient (Wildman–Crippen LogP) is 2.29. The first-order valence-corrected chi connectivity index (χ1v) is 10.5. The van der Waals surface area contributed by atoms with Crippen LogP contribution in [-0.4, -0.2) is 73.6 Å². The molecule has 0 aliphatic carbocycles. The van der Waals surface area contributed by atoms with E-state index in [0.717, 1.165) is 18.6 Å². The number of nitrogens with zero attached hydrogens (tertiary/aromatic N) is 1. The van der Waals surface area contributed by atoms with E-state index in [4.69, 9.17) is 15.0 Å². The molecule has 0 spiro atoms. The Kier molecular flexibility index (Phi) is 9.92. The molecule has 1 aromatic carbocycles. The molecular formula is C17H20F6N2O7S. The number of rotatable bonds is 7. The van der Waals surface area contributed by atoms with Gasteiger partial charge in [-0.3, -0.25) is 4.79 Å². The van der Waals surface area contributed by atoms with Crippen molar-refractivity contribution in [2.24, 2.45) is 5.92 Å². The average Bonchev–Trinajstić information content (AvgIpc) is 2.66. The van der Waals surface area contributed by atoms with Crippen LogP contribution in [0.5, 0.6) is 5.75 Å². The van der Waals surface area contributed by atoms with Crippen LogP contribution in [0.15, 0.2) is 29.2 Å². The number of halogens is 6. The SMILES string of the molecule is O=C(O)C(F)(F)F.O=C(O)CNCC1CCCN(S(=O)(=O)c2cccc(OC(F)(F)F)c2)C1. The van der Waals surface area contributed by atoms with E-state index in [1.165, 1.54) is 16.4 Å². The normalized spacial score (nSPS) is 17.6. The number of alkyl halides is 6. The van der Waals surface area contributed by atoms with Gasteiger partial charge < -0.3 is 20.3 Å². The van der Waals surface area contributed by atoms with Crippen molar-refractivity contribution in [2.75, 3.05) is 26.2 Å². The molecule has 16 heteroatoms. The number of nitrogens with one attached hydrogen (secondary N) is 1. The van der Waals surface area contributed by atoms with Gasteiger partial charge in [-0.05, 0) is 37.4 Å². The van der Waals surface area contributed by atoms with Crippen molar-refractivity contribution in [3.8, 4) is 5.75 Å². The van der Waals surface area contributed by atoms with E-state index >= 15 is 0 Å². The van der Waals surface area contributed by atoms with E-state index in [-0.39, 0.29) is 30.4 Å². The monoisotopic (exact) mass is 510 g/mol. The van der Waals surface area contributed by atoms with Gasteiger partial charge in [0.25, 0.3) is 0 Å². The molecule has 1 aromatic rings. The molecule has 0 radical (unpaired) electrons. The first-order valence-electron chi connectivity index (χ1n) is 9.11. The fraction of sp³-hybridized carbons (Fsp3) is 0.529. The molecule has 2 rings (SSSR count). The first-order chi connectivity index (χ1) is 15.0. The minimum Gasteiger partial charge on any atom is -0.480 e. The van der Waals surface area contributed by atoms with Gasteiger partial charge in [0.2, 0.25) is 10.0 Å². The molecule has 1 aliphatic rings. The van der Waals surface area contributed by atoms with Crippen LogP contribution in [0.25, 0.3) is 0 Å². The summed E-state index contributed by atoms with van der Waals surface area (Å²) in [5.74, 6) is -4.44. The zero-order valence-electron chi connectivity index (χ0n) is 16.7. The molecule has 188 valence electrons. The van der Waals surface area contributed by atoms with Crippen molar-refractivity contribution in [2.45, 2.75) is 30.3 Å². The summed E-state index contributed by atoms with van der Waals surface area (Å²) in [6, 6.07) is 4.27. The Labute approximate surface area is 184 Å². The maximum atomic E-state index is 12.7. The third-order valence-corrected chi connectivity index (χ3v) is 5.97. The Morgan fingerprint density at radius 2 is 1.76 bits per heavy atom. The number of hydrogen-bond donors (Lipinski definition) is 3. The van der Waals surface area contributed by atoms with E-state index in [2.05, 4.69) is 10.1 Å². The Balaban J connectivity index is 0.000000675. The summed E-state index contributed by atoms with van der Waals surface area (Å²) in [6.07, 6.45) is -8.68. The quantitative estimate of drug-likeness (QED) is 0.476. The lowest BCUT2D eigenvalue weighted by atomic mass is 10.00. The number of piperidine rings is 1. The number of ether oxygens (including phenoxy) is 1. The number of sulfonamides is 1. The molecule has 0 amide bonds. The van der Waals surface area contributed by atoms with Gasteiger partial charge in [0, 0.05) is 19.2 Å². The van der Waals surface area contributed by atoms with E-state index in [1.54, 1.807) is 0 Å². The Morgan fingerprint density at radius 3 is 2.27 bits per heavy atom. The smallest absolute Gasteiger partial charge is 0.480 e. The fourth-order valence-corrected chi connectivity index (χ4v) is 4.37. The minimum absolute atomic E-state index is 0.0764. The van der Waals surface area contributed by atoms with Gasteiger partial charge in [0.05, 0.1) is 11.4 Å². The van der Waals surface area contributed by atoms with Gasteiger partial charge >= 0.3 is 24.5 Å². The van der Waals surface area contributed by atoms with Crippen LogP contribution in [0, 0.1) is 5.92 Å². The van der Waals surface area contributed by atoms with Gasteiger partial charge in [-0.2, -0.15) is 17.5 Å². The Hall–Kier alpha value is -2.59. The van der Waals surface area contributed by atoms with Crippen molar-refractivity contribution in [1.82, 2.24) is 9.62 Å². The summed E-state index contributed by atoms with van der Waals surface area (Å²) in [4.78, 5) is 19.1. The molecule has 1 heterocycles. The minimum atomic E-state index is -5.08. The van der Waals surface area contributed by atoms with Crippen molar-refractivity contribution in [1.29, 1.82) is 0 Å². The van der Waals surface area contributed by atoms with E-state index in [9.17, 15) is 39.6 Å². The average molecular weight is 510 g/mol. The molecule has 9 nitrogen and oxygen atoms in total. The molecule has 33 heavy (non-hydrogen) atoms. The van der Waals surface area contributed by atoms with E-state index in [1.807, 2.05) is 0 Å². The molecule has 1 atom stereocenters. The Morgan fingerprint density at radius 1 is 1.15 bits per heavy atom. The van der Waals surface area contributed by atoms with Gasteiger partial charge in [0.1, 0.15) is 5.75 Å². The van der Waals surface area contributed by atoms with E-state index < -0.39 is 40.3 Å². The number of benzene rings is 1. The lowest BCUT2D eigenvalue weighted by Gasteiger charge is -2.32. The zero-order valence-corrected chi connectivity index (χ0v) is 17.5. The summed E-state index contributed by atoms with van der Waals surface area (Å²) in [6.45, 7) is 0.539. The maximum Gasteiger partial charge on any atom is 0.573 e. The van der Waals surface area contributed by atoms with Crippen LogP contribution in [0.2, 0.25) is 0 Å². The standard InChI is InChI=1S/C15H19F3N2O5S.C2HF3O2/c16-15(17,18)25-12-4-1-5-13(7-12)26(23,24)20-6-2-3-11(10-20)8-19-9-14(21)22;3-2(4,5)1(6)7/h1,4-5,7,11,19H,2-3,6,8-10H2,(H,21,22);(H,6,7). The number of hydrogen-bond acceptors (Lipinski definition) is 6. The van der Waals surface area contributed by atoms with Crippen LogP contribution in [0.3, 0.4) is 0 Å². The molecule has 1 aliphatic heterocycles. The highest BCUT2D eigenvalue weighted by atomic mass is 32.2. The van der Waals surface area contributed by atoms with Gasteiger partial charge in [-0.15, -0.1) is 13.2 Å². The fourth-order valence-electron chi connectivity index (χ4n) is 2.78. The molecule has 1 unspecified atom stereocenters. The van der Waals surface area contributed by atoms with Crippen molar-refractivity contribution in [3.63, 3.8) is 0 Å². The third kappa shape index (κ3) is 10.3. The lowest BCUT2D eigenvalue weighted by Crippen LogP contribution is -2.43. The number of aliphatic carboxylic acids is 2. The second-order valence-corrected chi connectivity index (χ2v) is 8.66. The molecule has 0 saturated carbocycles. The highest BCUT2D eigenvalue weighted by molar-refractivity contribution is 7.89. The highest BCUT2D eigenvalue weighted by Crippen LogP contribution is 2.28. The van der Waals surface area contributed by atoms with Gasteiger partial charge in [0.15, 0.2) is 0 Å². The molecule has 0 aromatic heterocycles. The van der Waals surface area contributed by atoms with Crippen LogP contribution in [-0.2, 0) is 19.6 Å². The summed E-state index contributed by atoms with van der Waals surface area (Å²) in [7, 11) is -3.97. The first kappa shape index (κ1) is 28.4. The number of carbonyl (C=O) groups is 2. The van der Waals surface area contributed by atoms with Gasteiger partial charge in [-0.25, -0.2) is 13.2 Å². The second kappa shape index (κ2) is 11.5. The maximum absolute atomic E-state index is 12.7. The summed E-state index contributed by atoms with van der Waals surface area (Å²) in [5, 5.41) is 18.5. The van der Waals surface area contributed by atoms with Crippen LogP contribution >= 0.6 is 0 Å². The topological polar surface area (TPSA) is 133 Å². The van der Waals surface area contributed by atoms with Crippen molar-refractivity contribution in [3.05, 3.63) is 24.3 Å². The second-order valence-electron chi connectivity index (χ2n) is 6.72. The number of carboxylic acid groups (broad SMARTS) is 2. The van der Waals surface area contributed by atoms with Crippen molar-refractivity contribution >= 4 is 22.0 Å². The zero-order chi connectivity index (χ0) is 25.4. The predicted molar refractivity (Wildman–Crippen MR) is 98.8 cm³/mol. The summed E-state index contributed by atoms with van der Waals surface area (Å²) in [5.41, 5.74) is 0. The van der Waals surface area contributed by atoms with Gasteiger partial charge in [-0.1, -0.05) is 6.07 Å². The van der Waals surface area contributed by atoms with E-state index in [0.29, 0.717) is 13.0 Å². The molecular weight excluding hydrogens is 490 g/mol. The summed E-state index contributed by atoms with van der Waals surface area (Å²) >= 11 is 0. The highest BCUT2D eigenvalue weighted by Gasteiger charge is 2.38. The Bertz CT molecular complexity index is 921. The largest absolute Gasteiger partial charge is 0.573 e. The summed E-state index contributed by atoms with van der Waals surface area (Å²) < 4.78 is 99.1. The molecule has 1 saturated heterocycles. The lowest BCUT2D eigenvalue weighted by molar-refractivity contribution is -0.274. The van der Waals surface area contributed by atoms with Crippen LogP contribution in [0.1, 0.15) is 12.8 Å². The molecule has 0 bridgehead atoms. The van der Waals surface area contributed by atoms with Crippen molar-refractivity contribution < 1.29 is 59.3 Å². The molecule has 3 N–H and O–H groups in total. The third-order valence-electron chi connectivity index (χ3n) is 4.11. The van der Waals surface area contributed by atoms with Crippen LogP contribution < -0.4 is 10.1 Å².